The van der Waals surface area contributed by atoms with Crippen molar-refractivity contribution in [3.63, 3.8) is 0 Å². The predicted molar refractivity (Wildman–Crippen MR) is 136 cm³/mol. The van der Waals surface area contributed by atoms with Crippen LogP contribution in [0.2, 0.25) is 0 Å². The largest absolute Gasteiger partial charge is 0.307 e. The van der Waals surface area contributed by atoms with Crippen LogP contribution in [0, 0.1) is 0 Å². The molecule has 3 atom stereocenters. The van der Waals surface area contributed by atoms with Crippen molar-refractivity contribution < 1.29 is 0 Å². The Labute approximate surface area is 194 Å². The predicted octanol–water partition coefficient (Wildman–Crippen LogP) is 7.20. The maximum Gasteiger partial charge on any atom is 0.0300 e. The summed E-state index contributed by atoms with van der Waals surface area (Å²) in [7, 11) is 0. The van der Waals surface area contributed by atoms with Gasteiger partial charge in [0, 0.05) is 18.6 Å². The summed E-state index contributed by atoms with van der Waals surface area (Å²) < 4.78 is 0. The molecule has 1 aliphatic heterocycles. The number of piperidine rings is 1. The molecular formula is C30H38N2. The minimum Gasteiger partial charge on any atom is -0.307 e. The summed E-state index contributed by atoms with van der Waals surface area (Å²) in [5.41, 5.74) is 4.44. The zero-order chi connectivity index (χ0) is 21.8. The smallest absolute Gasteiger partial charge is 0.0300 e. The molecule has 168 valence electrons. The van der Waals surface area contributed by atoms with E-state index < -0.39 is 0 Å². The highest BCUT2D eigenvalue weighted by molar-refractivity contribution is 5.86. The van der Waals surface area contributed by atoms with Crippen molar-refractivity contribution in [3.8, 4) is 0 Å². The number of likely N-dealkylation sites (tertiary alicyclic amines) is 1. The van der Waals surface area contributed by atoms with E-state index in [0.717, 1.165) is 6.54 Å². The number of benzene rings is 3. The molecule has 32 heavy (non-hydrogen) atoms. The lowest BCUT2D eigenvalue weighted by Gasteiger charge is -2.33. The Morgan fingerprint density at radius 1 is 0.844 bits per heavy atom. The van der Waals surface area contributed by atoms with Crippen molar-refractivity contribution in [2.24, 2.45) is 0 Å². The average molecular weight is 427 g/mol. The number of hydrogen-bond acceptors (Lipinski definition) is 2. The number of fused-ring (bicyclic) bond motifs is 1. The first-order chi connectivity index (χ1) is 15.8. The number of nitrogens with zero attached hydrogens (tertiary/aromatic N) is 1. The SMILES string of the molecule is C[C@@H](NC1CCCC(c2ccc(CN3CCCCC3)cc2)C1)c1cccc2ccccc12. The molecule has 2 fully saturated rings. The number of rotatable bonds is 6. The van der Waals surface area contributed by atoms with Crippen molar-refractivity contribution in [1.82, 2.24) is 10.2 Å². The normalized spacial score (nSPS) is 23.3. The van der Waals surface area contributed by atoms with Crippen molar-refractivity contribution in [1.29, 1.82) is 0 Å². The van der Waals surface area contributed by atoms with Gasteiger partial charge in [0.05, 0.1) is 0 Å². The molecule has 1 saturated carbocycles. The van der Waals surface area contributed by atoms with Crippen molar-refractivity contribution in [3.05, 3.63) is 83.4 Å². The Kier molecular flexibility index (Phi) is 6.90. The van der Waals surface area contributed by atoms with Crippen LogP contribution in [0.5, 0.6) is 0 Å². The third kappa shape index (κ3) is 5.08. The second kappa shape index (κ2) is 10.2. The standard InChI is InChI=1S/C30H38N2/c1-23(29-14-8-10-26-9-3-4-13-30(26)29)31-28-12-7-11-27(21-28)25-17-15-24(16-18-25)22-32-19-5-2-6-20-32/h3-4,8-10,13-18,23,27-28,31H,2,5-7,11-12,19-22H2,1H3/t23-,27?,28?/m1/s1. The molecule has 3 aromatic carbocycles. The van der Waals surface area contributed by atoms with Gasteiger partial charge in [0.2, 0.25) is 0 Å². The third-order valence-electron chi connectivity index (χ3n) is 7.76. The van der Waals surface area contributed by atoms with Crippen LogP contribution in [0.4, 0.5) is 0 Å². The highest BCUT2D eigenvalue weighted by Crippen LogP contribution is 2.35. The van der Waals surface area contributed by atoms with Gasteiger partial charge in [0.25, 0.3) is 0 Å². The van der Waals surface area contributed by atoms with Gasteiger partial charge in [-0.2, -0.15) is 0 Å². The fourth-order valence-electron chi connectivity index (χ4n) is 5.99. The van der Waals surface area contributed by atoms with Gasteiger partial charge in [-0.1, -0.05) is 79.6 Å². The summed E-state index contributed by atoms with van der Waals surface area (Å²) in [5, 5.41) is 6.70. The Morgan fingerprint density at radius 2 is 1.62 bits per heavy atom. The molecule has 1 saturated heterocycles. The van der Waals surface area contributed by atoms with Gasteiger partial charge in [0.15, 0.2) is 0 Å². The lowest BCUT2D eigenvalue weighted by atomic mass is 9.80. The summed E-state index contributed by atoms with van der Waals surface area (Å²) in [5.74, 6) is 0.685. The van der Waals surface area contributed by atoms with E-state index in [2.05, 4.69) is 83.9 Å². The van der Waals surface area contributed by atoms with E-state index in [9.17, 15) is 0 Å². The van der Waals surface area contributed by atoms with E-state index in [1.165, 1.54) is 85.5 Å². The molecule has 0 spiro atoms. The van der Waals surface area contributed by atoms with Crippen molar-refractivity contribution in [2.45, 2.75) is 76.4 Å². The fourth-order valence-corrected chi connectivity index (χ4v) is 5.99. The van der Waals surface area contributed by atoms with E-state index in [0.29, 0.717) is 18.0 Å². The summed E-state index contributed by atoms with van der Waals surface area (Å²) in [6, 6.07) is 26.1. The van der Waals surface area contributed by atoms with Crippen LogP contribution in [0.3, 0.4) is 0 Å². The molecule has 5 rings (SSSR count). The Bertz CT molecular complexity index is 998. The van der Waals surface area contributed by atoms with E-state index >= 15 is 0 Å². The summed E-state index contributed by atoms with van der Waals surface area (Å²) in [6.45, 7) is 6.00. The zero-order valence-corrected chi connectivity index (χ0v) is 19.6. The second-order valence-electron chi connectivity index (χ2n) is 10.1. The fraction of sp³-hybridized carbons (Fsp3) is 0.467. The second-order valence-corrected chi connectivity index (χ2v) is 10.1. The molecule has 0 bridgehead atoms. The van der Waals surface area contributed by atoms with Crippen LogP contribution in [0.15, 0.2) is 66.7 Å². The van der Waals surface area contributed by atoms with Crippen LogP contribution < -0.4 is 5.32 Å². The molecule has 2 nitrogen and oxygen atoms in total. The van der Waals surface area contributed by atoms with Gasteiger partial charge in [0.1, 0.15) is 0 Å². The minimum atomic E-state index is 0.372. The number of hydrogen-bond donors (Lipinski definition) is 1. The van der Waals surface area contributed by atoms with Gasteiger partial charge in [-0.3, -0.25) is 4.90 Å². The average Bonchev–Trinajstić information content (AvgIpc) is 2.85. The maximum absolute atomic E-state index is 3.99. The van der Waals surface area contributed by atoms with Gasteiger partial charge in [-0.25, -0.2) is 0 Å². The summed E-state index contributed by atoms with van der Waals surface area (Å²) in [4.78, 5) is 2.62. The quantitative estimate of drug-likeness (QED) is 0.448. The van der Waals surface area contributed by atoms with Crippen LogP contribution in [-0.4, -0.2) is 24.0 Å². The van der Waals surface area contributed by atoms with Crippen LogP contribution in [0.1, 0.15) is 80.5 Å². The Morgan fingerprint density at radius 3 is 2.47 bits per heavy atom. The van der Waals surface area contributed by atoms with E-state index in [1.807, 2.05) is 0 Å². The molecule has 1 aliphatic carbocycles. The molecule has 2 aliphatic rings. The lowest BCUT2D eigenvalue weighted by molar-refractivity contribution is 0.221. The van der Waals surface area contributed by atoms with Crippen LogP contribution >= 0.6 is 0 Å². The molecule has 0 radical (unpaired) electrons. The molecule has 1 N–H and O–H groups in total. The van der Waals surface area contributed by atoms with Gasteiger partial charge < -0.3 is 5.32 Å². The van der Waals surface area contributed by atoms with Crippen LogP contribution in [-0.2, 0) is 6.54 Å². The first-order valence-corrected chi connectivity index (χ1v) is 12.8. The highest BCUT2D eigenvalue weighted by atomic mass is 15.1. The Hall–Kier alpha value is -2.16. The summed E-state index contributed by atoms with van der Waals surface area (Å²) >= 11 is 0. The molecule has 2 unspecified atom stereocenters. The maximum atomic E-state index is 3.99. The van der Waals surface area contributed by atoms with Crippen LogP contribution in [0.25, 0.3) is 10.8 Å². The van der Waals surface area contributed by atoms with Gasteiger partial charge in [-0.15, -0.1) is 0 Å². The lowest BCUT2D eigenvalue weighted by Crippen LogP contribution is -2.35. The monoisotopic (exact) mass is 426 g/mol. The van der Waals surface area contributed by atoms with Gasteiger partial charge in [-0.05, 0) is 85.5 Å². The zero-order valence-electron chi connectivity index (χ0n) is 19.6. The first kappa shape index (κ1) is 21.7. The molecule has 3 aromatic rings. The van der Waals surface area contributed by atoms with E-state index in [4.69, 9.17) is 0 Å². The summed E-state index contributed by atoms with van der Waals surface area (Å²) in [6.07, 6.45) is 9.33. The Balaban J connectivity index is 1.21. The molecule has 0 aromatic heterocycles. The topological polar surface area (TPSA) is 15.3 Å². The van der Waals surface area contributed by atoms with Crippen molar-refractivity contribution in [2.75, 3.05) is 13.1 Å². The van der Waals surface area contributed by atoms with Gasteiger partial charge >= 0.3 is 0 Å². The van der Waals surface area contributed by atoms with E-state index in [-0.39, 0.29) is 0 Å². The third-order valence-corrected chi connectivity index (χ3v) is 7.76. The number of nitrogens with one attached hydrogen (secondary N) is 1. The highest BCUT2D eigenvalue weighted by Gasteiger charge is 2.25. The molecular weight excluding hydrogens is 388 g/mol. The molecule has 0 amide bonds. The molecule has 1 heterocycles. The van der Waals surface area contributed by atoms with E-state index in [1.54, 1.807) is 0 Å². The minimum absolute atomic E-state index is 0.372. The molecule has 2 heteroatoms. The van der Waals surface area contributed by atoms with Crippen molar-refractivity contribution >= 4 is 10.8 Å². The first-order valence-electron chi connectivity index (χ1n) is 12.8.